The fourth-order valence-electron chi connectivity index (χ4n) is 1.72. The topological polar surface area (TPSA) is 67.4 Å². The maximum atomic E-state index is 11.5. The van der Waals surface area contributed by atoms with Gasteiger partial charge in [-0.1, -0.05) is 12.1 Å². The molecule has 1 rings (SSSR count). The number of carbonyl (C=O) groups is 2. The Kier molecular flexibility index (Phi) is 5.36. The highest BCUT2D eigenvalue weighted by Crippen LogP contribution is 2.16. The second-order valence-corrected chi connectivity index (χ2v) is 4.48. The summed E-state index contributed by atoms with van der Waals surface area (Å²) in [6.07, 6.45) is 0. The molecule has 104 valence electrons. The summed E-state index contributed by atoms with van der Waals surface area (Å²) in [6, 6.07) is 5.33. The van der Waals surface area contributed by atoms with Gasteiger partial charge in [0, 0.05) is 19.2 Å². The zero-order chi connectivity index (χ0) is 14.4. The molecule has 0 aliphatic heterocycles. The highest BCUT2D eigenvalue weighted by Gasteiger charge is 2.19. The number of aryl methyl sites for hydroxylation is 2. The average Bonchev–Trinajstić information content (AvgIpc) is 2.36. The summed E-state index contributed by atoms with van der Waals surface area (Å²) in [7, 11) is 1.30. The normalized spacial score (nSPS) is 11.6. The monoisotopic (exact) mass is 264 g/mol. The lowest BCUT2D eigenvalue weighted by Crippen LogP contribution is -2.45. The number of hydrogen-bond acceptors (Lipinski definition) is 4. The van der Waals surface area contributed by atoms with Crippen molar-refractivity contribution >= 4 is 17.6 Å². The van der Waals surface area contributed by atoms with Gasteiger partial charge >= 0.3 is 5.97 Å². The third kappa shape index (κ3) is 4.62. The largest absolute Gasteiger partial charge is 0.467 e. The molecule has 0 saturated carbocycles. The molecule has 0 aliphatic carbocycles. The van der Waals surface area contributed by atoms with Gasteiger partial charge in [0.05, 0.1) is 7.11 Å². The predicted molar refractivity (Wildman–Crippen MR) is 74.0 cm³/mol. The maximum absolute atomic E-state index is 11.5. The number of ether oxygens (including phenoxy) is 1. The molecule has 0 fully saturated rings. The van der Waals surface area contributed by atoms with Crippen LogP contribution in [0.4, 0.5) is 5.69 Å². The van der Waals surface area contributed by atoms with Gasteiger partial charge in [-0.2, -0.15) is 0 Å². The van der Waals surface area contributed by atoms with Gasteiger partial charge in [0.1, 0.15) is 6.04 Å². The standard InChI is InChI=1S/C14H20N2O3/c1-9-5-6-10(2)12(7-9)15-8-13(14(18)19-4)16-11(3)17/h5-7,13,15H,8H2,1-4H3,(H,16,17). The van der Waals surface area contributed by atoms with Gasteiger partial charge < -0.3 is 15.4 Å². The van der Waals surface area contributed by atoms with Gasteiger partial charge in [-0.05, 0) is 31.0 Å². The average molecular weight is 264 g/mol. The fraction of sp³-hybridized carbons (Fsp3) is 0.429. The van der Waals surface area contributed by atoms with E-state index in [0.29, 0.717) is 0 Å². The number of esters is 1. The lowest BCUT2D eigenvalue weighted by atomic mass is 10.1. The summed E-state index contributed by atoms with van der Waals surface area (Å²) in [5.41, 5.74) is 3.15. The lowest BCUT2D eigenvalue weighted by molar-refractivity contribution is -0.144. The van der Waals surface area contributed by atoms with E-state index >= 15 is 0 Å². The molecular weight excluding hydrogens is 244 g/mol. The predicted octanol–water partition coefficient (Wildman–Crippen LogP) is 1.39. The number of methoxy groups -OCH3 is 1. The molecule has 0 aliphatic rings. The molecule has 0 radical (unpaired) electrons. The van der Waals surface area contributed by atoms with Crippen LogP contribution >= 0.6 is 0 Å². The van der Waals surface area contributed by atoms with Crippen LogP contribution in [0.5, 0.6) is 0 Å². The van der Waals surface area contributed by atoms with E-state index in [9.17, 15) is 9.59 Å². The van der Waals surface area contributed by atoms with Gasteiger partial charge in [0.2, 0.25) is 5.91 Å². The van der Waals surface area contributed by atoms with Crippen LogP contribution in [0.15, 0.2) is 18.2 Å². The number of amides is 1. The summed E-state index contributed by atoms with van der Waals surface area (Å²) < 4.78 is 4.66. The maximum Gasteiger partial charge on any atom is 0.330 e. The van der Waals surface area contributed by atoms with E-state index in [1.165, 1.54) is 14.0 Å². The van der Waals surface area contributed by atoms with Crippen molar-refractivity contribution < 1.29 is 14.3 Å². The molecular formula is C14H20N2O3. The fourth-order valence-corrected chi connectivity index (χ4v) is 1.72. The van der Waals surface area contributed by atoms with Gasteiger partial charge in [-0.3, -0.25) is 4.79 Å². The first-order valence-corrected chi connectivity index (χ1v) is 6.10. The van der Waals surface area contributed by atoms with Crippen LogP contribution in [-0.4, -0.2) is 31.6 Å². The van der Waals surface area contributed by atoms with Crippen molar-refractivity contribution in [3.63, 3.8) is 0 Å². The first-order valence-electron chi connectivity index (χ1n) is 6.10. The Balaban J connectivity index is 2.72. The third-order valence-corrected chi connectivity index (χ3v) is 2.75. The van der Waals surface area contributed by atoms with E-state index in [4.69, 9.17) is 0 Å². The molecule has 1 aromatic rings. The van der Waals surface area contributed by atoms with Crippen molar-refractivity contribution in [1.82, 2.24) is 5.32 Å². The van der Waals surface area contributed by atoms with Crippen molar-refractivity contribution in [1.29, 1.82) is 0 Å². The first-order chi connectivity index (χ1) is 8.93. The van der Waals surface area contributed by atoms with Crippen molar-refractivity contribution in [2.45, 2.75) is 26.8 Å². The number of anilines is 1. The quantitative estimate of drug-likeness (QED) is 0.789. The second kappa shape index (κ2) is 6.78. The highest BCUT2D eigenvalue weighted by atomic mass is 16.5. The van der Waals surface area contributed by atoms with Crippen LogP contribution in [0.2, 0.25) is 0 Å². The molecule has 2 N–H and O–H groups in total. The SMILES string of the molecule is COC(=O)C(CNc1cc(C)ccc1C)NC(C)=O. The van der Waals surface area contributed by atoms with E-state index in [0.717, 1.165) is 16.8 Å². The minimum absolute atomic E-state index is 0.266. The summed E-state index contributed by atoms with van der Waals surface area (Å²) in [5, 5.41) is 5.72. The zero-order valence-electron chi connectivity index (χ0n) is 11.7. The van der Waals surface area contributed by atoms with Crippen LogP contribution in [0, 0.1) is 13.8 Å². The molecule has 0 heterocycles. The summed E-state index contributed by atoms with van der Waals surface area (Å²) in [6.45, 7) is 5.63. The molecule has 0 spiro atoms. The van der Waals surface area contributed by atoms with Crippen molar-refractivity contribution in [2.75, 3.05) is 19.0 Å². The van der Waals surface area contributed by atoms with Crippen molar-refractivity contribution in [3.05, 3.63) is 29.3 Å². The number of nitrogens with one attached hydrogen (secondary N) is 2. The molecule has 0 saturated heterocycles. The first kappa shape index (κ1) is 15.0. The van der Waals surface area contributed by atoms with Crippen LogP contribution < -0.4 is 10.6 Å². The summed E-state index contributed by atoms with van der Waals surface area (Å²) >= 11 is 0. The van der Waals surface area contributed by atoms with E-state index in [2.05, 4.69) is 15.4 Å². The van der Waals surface area contributed by atoms with E-state index in [-0.39, 0.29) is 12.5 Å². The van der Waals surface area contributed by atoms with Crippen LogP contribution in [0.3, 0.4) is 0 Å². The van der Waals surface area contributed by atoms with E-state index in [1.807, 2.05) is 32.0 Å². The minimum atomic E-state index is -0.692. The third-order valence-electron chi connectivity index (χ3n) is 2.75. The zero-order valence-corrected chi connectivity index (χ0v) is 11.7. The Bertz CT molecular complexity index is 472. The summed E-state index contributed by atoms with van der Waals surface area (Å²) in [4.78, 5) is 22.6. The molecule has 0 aromatic heterocycles. The van der Waals surface area contributed by atoms with Crippen molar-refractivity contribution in [2.24, 2.45) is 0 Å². The molecule has 0 bridgehead atoms. The molecule has 5 nitrogen and oxygen atoms in total. The van der Waals surface area contributed by atoms with E-state index in [1.54, 1.807) is 0 Å². The number of benzene rings is 1. The van der Waals surface area contributed by atoms with Crippen molar-refractivity contribution in [3.8, 4) is 0 Å². The molecule has 1 atom stereocenters. The smallest absolute Gasteiger partial charge is 0.330 e. The van der Waals surface area contributed by atoms with Gasteiger partial charge in [-0.15, -0.1) is 0 Å². The summed E-state index contributed by atoms with van der Waals surface area (Å²) in [5.74, 6) is -0.730. The minimum Gasteiger partial charge on any atom is -0.467 e. The van der Waals surface area contributed by atoms with Crippen LogP contribution in [-0.2, 0) is 14.3 Å². The van der Waals surface area contributed by atoms with E-state index < -0.39 is 12.0 Å². The molecule has 19 heavy (non-hydrogen) atoms. The molecule has 5 heteroatoms. The Morgan fingerprint density at radius 1 is 1.32 bits per heavy atom. The van der Waals surface area contributed by atoms with Gasteiger partial charge in [0.25, 0.3) is 0 Å². The molecule has 1 unspecified atom stereocenters. The second-order valence-electron chi connectivity index (χ2n) is 4.48. The Hall–Kier alpha value is -2.04. The van der Waals surface area contributed by atoms with Crippen LogP contribution in [0.25, 0.3) is 0 Å². The Labute approximate surface area is 113 Å². The molecule has 1 aromatic carbocycles. The molecule has 1 amide bonds. The lowest BCUT2D eigenvalue weighted by Gasteiger charge is -2.18. The van der Waals surface area contributed by atoms with Gasteiger partial charge in [-0.25, -0.2) is 4.79 Å². The number of hydrogen-bond donors (Lipinski definition) is 2. The highest BCUT2D eigenvalue weighted by molar-refractivity contribution is 5.83. The Morgan fingerprint density at radius 3 is 2.58 bits per heavy atom. The Morgan fingerprint density at radius 2 is 2.00 bits per heavy atom. The number of carbonyl (C=O) groups excluding carboxylic acids is 2. The van der Waals surface area contributed by atoms with Gasteiger partial charge in [0.15, 0.2) is 0 Å². The number of rotatable bonds is 5. The van der Waals surface area contributed by atoms with Crippen LogP contribution in [0.1, 0.15) is 18.1 Å².